The second kappa shape index (κ2) is 5.46. The Kier molecular flexibility index (Phi) is 3.70. The van der Waals surface area contributed by atoms with Crippen molar-refractivity contribution in [3.8, 4) is 0 Å². The highest BCUT2D eigenvalue weighted by atomic mass is 79.9. The normalized spacial score (nSPS) is 14.6. The summed E-state index contributed by atoms with van der Waals surface area (Å²) in [5, 5.41) is 9.48. The Bertz CT molecular complexity index is 633. The van der Waals surface area contributed by atoms with Gasteiger partial charge < -0.3 is 5.32 Å². The maximum Gasteiger partial charge on any atom is 0.269 e. The van der Waals surface area contributed by atoms with Crippen LogP contribution in [0.5, 0.6) is 0 Å². The molecule has 0 radical (unpaired) electrons. The summed E-state index contributed by atoms with van der Waals surface area (Å²) in [6, 6.07) is 3.63. The minimum Gasteiger partial charge on any atom is -0.383 e. The number of nitrogens with zero attached hydrogens (tertiary/aromatic N) is 2. The second-order valence-corrected chi connectivity index (χ2v) is 6.71. The molecule has 100 valence electrons. The molecule has 3 rings (SSSR count). The summed E-state index contributed by atoms with van der Waals surface area (Å²) in [6.45, 7) is 1.47. The summed E-state index contributed by atoms with van der Waals surface area (Å²) in [4.78, 5) is 13.1. The number of halogens is 1. The topological polar surface area (TPSA) is 46.9 Å². The number of anilines is 1. The highest BCUT2D eigenvalue weighted by Gasteiger charge is 2.20. The summed E-state index contributed by atoms with van der Waals surface area (Å²) < 4.78 is 2.53. The van der Waals surface area contributed by atoms with E-state index in [4.69, 9.17) is 0 Å². The number of aromatic nitrogens is 2. The van der Waals surface area contributed by atoms with Gasteiger partial charge in [-0.25, -0.2) is 4.68 Å². The van der Waals surface area contributed by atoms with Crippen LogP contribution in [-0.2, 0) is 6.54 Å². The first kappa shape index (κ1) is 12.9. The van der Waals surface area contributed by atoms with Gasteiger partial charge in [0.2, 0.25) is 0 Å². The van der Waals surface area contributed by atoms with Gasteiger partial charge in [-0.05, 0) is 40.8 Å². The van der Waals surface area contributed by atoms with Crippen LogP contribution in [0.4, 0.5) is 5.69 Å². The van der Waals surface area contributed by atoms with Crippen LogP contribution in [0.3, 0.4) is 0 Å². The summed E-state index contributed by atoms with van der Waals surface area (Å²) in [6.07, 6.45) is 4.32. The van der Waals surface area contributed by atoms with Crippen molar-refractivity contribution in [2.24, 2.45) is 5.92 Å². The zero-order chi connectivity index (χ0) is 13.2. The van der Waals surface area contributed by atoms with Gasteiger partial charge in [0, 0.05) is 27.3 Å². The summed E-state index contributed by atoms with van der Waals surface area (Å²) in [7, 11) is 0. The van der Waals surface area contributed by atoms with Crippen LogP contribution in [-0.4, -0.2) is 16.3 Å². The van der Waals surface area contributed by atoms with Gasteiger partial charge in [0.15, 0.2) is 0 Å². The average Bonchev–Trinajstić information content (AvgIpc) is 3.13. The summed E-state index contributed by atoms with van der Waals surface area (Å²) >= 11 is 5.03. The van der Waals surface area contributed by atoms with Crippen molar-refractivity contribution in [3.05, 3.63) is 43.4 Å². The third-order valence-electron chi connectivity index (χ3n) is 3.09. The largest absolute Gasteiger partial charge is 0.383 e. The molecule has 2 heterocycles. The Balaban J connectivity index is 1.69. The standard InChI is InChI=1S/C13H14BrN3OS/c14-10-3-12(19-8-10)7-17-13(18)4-11(6-16-17)15-5-9-1-2-9/h3-4,6,8-9,15H,1-2,5,7H2. The minimum atomic E-state index is -0.0645. The first-order chi connectivity index (χ1) is 9.20. The van der Waals surface area contributed by atoms with Crippen molar-refractivity contribution >= 4 is 33.0 Å². The number of hydrogen-bond acceptors (Lipinski definition) is 4. The Morgan fingerprint density at radius 1 is 1.47 bits per heavy atom. The molecule has 2 aromatic heterocycles. The molecule has 1 N–H and O–H groups in total. The van der Waals surface area contributed by atoms with Crippen molar-refractivity contribution in [2.45, 2.75) is 19.4 Å². The molecular formula is C13H14BrN3OS. The van der Waals surface area contributed by atoms with E-state index in [1.54, 1.807) is 23.6 Å². The zero-order valence-electron chi connectivity index (χ0n) is 10.3. The highest BCUT2D eigenvalue weighted by molar-refractivity contribution is 9.10. The quantitative estimate of drug-likeness (QED) is 0.910. The van der Waals surface area contributed by atoms with Gasteiger partial charge in [0.25, 0.3) is 5.56 Å². The molecule has 2 aromatic rings. The van der Waals surface area contributed by atoms with Crippen LogP contribution in [0, 0.1) is 5.92 Å². The van der Waals surface area contributed by atoms with Gasteiger partial charge in [0.05, 0.1) is 18.4 Å². The van der Waals surface area contributed by atoms with Gasteiger partial charge in [-0.1, -0.05) is 0 Å². The fourth-order valence-corrected chi connectivity index (χ4v) is 3.25. The van der Waals surface area contributed by atoms with E-state index in [9.17, 15) is 4.79 Å². The first-order valence-electron chi connectivity index (χ1n) is 6.24. The Morgan fingerprint density at radius 2 is 2.32 bits per heavy atom. The lowest BCUT2D eigenvalue weighted by molar-refractivity contribution is 0.645. The smallest absolute Gasteiger partial charge is 0.269 e. The SMILES string of the molecule is O=c1cc(NCC2CC2)cnn1Cc1cc(Br)cs1. The number of hydrogen-bond donors (Lipinski definition) is 1. The molecule has 19 heavy (non-hydrogen) atoms. The lowest BCUT2D eigenvalue weighted by Gasteiger charge is -2.06. The van der Waals surface area contributed by atoms with Gasteiger partial charge in [0.1, 0.15) is 0 Å². The third kappa shape index (κ3) is 3.45. The minimum absolute atomic E-state index is 0.0645. The molecule has 6 heteroatoms. The van der Waals surface area contributed by atoms with E-state index < -0.39 is 0 Å². The maximum absolute atomic E-state index is 12.0. The molecule has 4 nitrogen and oxygen atoms in total. The van der Waals surface area contributed by atoms with Crippen molar-refractivity contribution < 1.29 is 0 Å². The monoisotopic (exact) mass is 339 g/mol. The van der Waals surface area contributed by atoms with E-state index >= 15 is 0 Å². The van der Waals surface area contributed by atoms with Crippen LogP contribution in [0.1, 0.15) is 17.7 Å². The second-order valence-electron chi connectivity index (χ2n) is 4.80. The molecule has 0 aromatic carbocycles. The van der Waals surface area contributed by atoms with Crippen molar-refractivity contribution in [1.82, 2.24) is 9.78 Å². The van der Waals surface area contributed by atoms with Crippen molar-refractivity contribution in [1.29, 1.82) is 0 Å². The molecule has 0 bridgehead atoms. The molecule has 1 saturated carbocycles. The highest BCUT2D eigenvalue weighted by Crippen LogP contribution is 2.28. The molecule has 1 aliphatic rings. The summed E-state index contributed by atoms with van der Waals surface area (Å²) in [5.74, 6) is 0.783. The van der Waals surface area contributed by atoms with Crippen LogP contribution in [0.15, 0.2) is 33.0 Å². The van der Waals surface area contributed by atoms with Crippen molar-refractivity contribution in [3.63, 3.8) is 0 Å². The lowest BCUT2D eigenvalue weighted by Crippen LogP contribution is -2.23. The molecule has 0 spiro atoms. The molecule has 0 aliphatic heterocycles. The molecule has 0 unspecified atom stereocenters. The van der Waals surface area contributed by atoms with Crippen LogP contribution >= 0.6 is 27.3 Å². The molecule has 1 aliphatic carbocycles. The van der Waals surface area contributed by atoms with Crippen LogP contribution < -0.4 is 10.9 Å². The van der Waals surface area contributed by atoms with Crippen LogP contribution in [0.25, 0.3) is 0 Å². The number of rotatable bonds is 5. The third-order valence-corrected chi connectivity index (χ3v) is 4.77. The predicted octanol–water partition coefficient (Wildman–Crippen LogP) is 2.94. The average molecular weight is 340 g/mol. The molecular weight excluding hydrogens is 326 g/mol. The predicted molar refractivity (Wildman–Crippen MR) is 80.8 cm³/mol. The fraction of sp³-hybridized carbons (Fsp3) is 0.385. The van der Waals surface area contributed by atoms with Gasteiger partial charge in [-0.2, -0.15) is 5.10 Å². The van der Waals surface area contributed by atoms with Gasteiger partial charge >= 0.3 is 0 Å². The Hall–Kier alpha value is -1.14. The van der Waals surface area contributed by atoms with Gasteiger partial charge in [-0.3, -0.25) is 4.79 Å². The molecule has 1 fully saturated rings. The first-order valence-corrected chi connectivity index (χ1v) is 7.92. The Labute approximate surface area is 123 Å². The molecule has 0 saturated heterocycles. The van der Waals surface area contributed by atoms with Crippen LogP contribution in [0.2, 0.25) is 0 Å². The molecule has 0 amide bonds. The molecule has 0 atom stereocenters. The van der Waals surface area contributed by atoms with Gasteiger partial charge in [-0.15, -0.1) is 11.3 Å². The van der Waals surface area contributed by atoms with Crippen molar-refractivity contribution in [2.75, 3.05) is 11.9 Å². The lowest BCUT2D eigenvalue weighted by atomic mass is 10.4. The zero-order valence-corrected chi connectivity index (χ0v) is 12.7. The fourth-order valence-electron chi connectivity index (χ4n) is 1.82. The van der Waals surface area contributed by atoms with E-state index in [2.05, 4.69) is 26.3 Å². The van der Waals surface area contributed by atoms with E-state index in [0.717, 1.165) is 27.5 Å². The van der Waals surface area contributed by atoms with E-state index in [1.165, 1.54) is 17.5 Å². The summed E-state index contributed by atoms with van der Waals surface area (Å²) in [5.41, 5.74) is 0.755. The van der Waals surface area contributed by atoms with E-state index in [0.29, 0.717) is 6.54 Å². The number of nitrogens with one attached hydrogen (secondary N) is 1. The maximum atomic E-state index is 12.0. The van der Waals surface area contributed by atoms with E-state index in [1.807, 2.05) is 11.4 Å². The van der Waals surface area contributed by atoms with E-state index in [-0.39, 0.29) is 5.56 Å². The number of thiophene rings is 1. The Morgan fingerprint density at radius 3 is 2.95 bits per heavy atom.